The molecule has 1 aromatic heterocycles. The molecule has 2 aromatic rings. The van der Waals surface area contributed by atoms with Gasteiger partial charge < -0.3 is 10.1 Å². The number of phenolic OH excluding ortho intramolecular Hbond substituents is 1. The number of aromatic hydroxyl groups is 1. The molecule has 3 N–H and O–H groups in total. The topological polar surface area (TPSA) is 90.4 Å². The standard InChI is InChI=1S/C10H8N4O2S/c15-7-3-1-2-5-8(7)12-9(11-5)6-4-17-10(16)14-13-6/h1-3,15H,4H2,(H,11,12)(H,14,16). The molecule has 0 atom stereocenters. The Labute approximate surface area is 100 Å². The van der Waals surface area contributed by atoms with E-state index in [1.54, 1.807) is 12.1 Å². The van der Waals surface area contributed by atoms with Gasteiger partial charge in [-0.2, -0.15) is 5.10 Å². The quantitative estimate of drug-likeness (QED) is 0.712. The van der Waals surface area contributed by atoms with Crippen LogP contribution in [0.1, 0.15) is 5.82 Å². The van der Waals surface area contributed by atoms with Gasteiger partial charge in [-0.3, -0.25) is 4.79 Å². The Bertz CT molecular complexity index is 634. The predicted octanol–water partition coefficient (Wildman–Crippen LogP) is 1.43. The van der Waals surface area contributed by atoms with Gasteiger partial charge in [0.25, 0.3) is 5.24 Å². The molecule has 0 unspecified atom stereocenters. The fraction of sp³-hybridized carbons (Fsp3) is 0.100. The fourth-order valence-corrected chi connectivity index (χ4v) is 2.17. The van der Waals surface area contributed by atoms with Gasteiger partial charge in [-0.05, 0) is 12.1 Å². The SMILES string of the molecule is O=C1NN=C(c2nc3c(O)cccc3[nH]2)CS1. The summed E-state index contributed by atoms with van der Waals surface area (Å²) < 4.78 is 0. The molecular formula is C10H8N4O2S. The maximum Gasteiger partial charge on any atom is 0.299 e. The second kappa shape index (κ2) is 3.77. The summed E-state index contributed by atoms with van der Waals surface area (Å²) in [6, 6.07) is 5.13. The number of aromatic nitrogens is 2. The van der Waals surface area contributed by atoms with Crippen molar-refractivity contribution in [2.24, 2.45) is 5.10 Å². The Morgan fingerprint density at radius 1 is 1.41 bits per heavy atom. The number of amides is 1. The number of aromatic amines is 1. The Hall–Kier alpha value is -2.02. The van der Waals surface area contributed by atoms with Crippen LogP contribution >= 0.6 is 11.8 Å². The van der Waals surface area contributed by atoms with Crippen molar-refractivity contribution in [3.05, 3.63) is 24.0 Å². The Morgan fingerprint density at radius 2 is 2.29 bits per heavy atom. The van der Waals surface area contributed by atoms with Crippen LogP contribution in [0, 0.1) is 0 Å². The summed E-state index contributed by atoms with van der Waals surface area (Å²) in [6.07, 6.45) is 0. The number of para-hydroxylation sites is 1. The van der Waals surface area contributed by atoms with E-state index in [9.17, 15) is 9.90 Å². The lowest BCUT2D eigenvalue weighted by Gasteiger charge is -2.08. The zero-order valence-corrected chi connectivity index (χ0v) is 9.41. The monoisotopic (exact) mass is 248 g/mol. The van der Waals surface area contributed by atoms with Crippen LogP contribution in [0.2, 0.25) is 0 Å². The van der Waals surface area contributed by atoms with Crippen molar-refractivity contribution in [2.75, 3.05) is 5.75 Å². The van der Waals surface area contributed by atoms with Crippen LogP contribution in [0.15, 0.2) is 23.3 Å². The number of imidazole rings is 1. The van der Waals surface area contributed by atoms with E-state index in [4.69, 9.17) is 0 Å². The Balaban J connectivity index is 2.07. The number of hydrogen-bond donors (Lipinski definition) is 3. The molecule has 6 nitrogen and oxygen atoms in total. The van der Waals surface area contributed by atoms with Gasteiger partial charge in [0.1, 0.15) is 17.0 Å². The summed E-state index contributed by atoms with van der Waals surface area (Å²) >= 11 is 1.13. The summed E-state index contributed by atoms with van der Waals surface area (Å²) in [5.41, 5.74) is 4.28. The van der Waals surface area contributed by atoms with Gasteiger partial charge in [0.05, 0.1) is 11.3 Å². The summed E-state index contributed by atoms with van der Waals surface area (Å²) in [4.78, 5) is 18.3. The van der Waals surface area contributed by atoms with Crippen LogP contribution < -0.4 is 5.43 Å². The molecule has 2 heterocycles. The number of nitrogens with one attached hydrogen (secondary N) is 2. The van der Waals surface area contributed by atoms with E-state index in [0.29, 0.717) is 22.8 Å². The average molecular weight is 248 g/mol. The van der Waals surface area contributed by atoms with Crippen molar-refractivity contribution in [1.29, 1.82) is 0 Å². The van der Waals surface area contributed by atoms with E-state index >= 15 is 0 Å². The first kappa shape index (κ1) is 10.2. The zero-order valence-electron chi connectivity index (χ0n) is 8.60. The first-order valence-electron chi connectivity index (χ1n) is 4.91. The second-order valence-corrected chi connectivity index (χ2v) is 4.45. The molecule has 1 aliphatic heterocycles. The van der Waals surface area contributed by atoms with Crippen LogP contribution in [0.5, 0.6) is 5.75 Å². The summed E-state index contributed by atoms with van der Waals surface area (Å²) in [5, 5.41) is 13.4. The number of nitrogens with zero attached hydrogens (tertiary/aromatic N) is 2. The fourth-order valence-electron chi connectivity index (χ4n) is 1.59. The maximum absolute atomic E-state index is 10.9. The van der Waals surface area contributed by atoms with Gasteiger partial charge in [-0.1, -0.05) is 17.8 Å². The average Bonchev–Trinajstić information content (AvgIpc) is 2.75. The number of phenols is 1. The van der Waals surface area contributed by atoms with Crippen molar-refractivity contribution in [2.45, 2.75) is 0 Å². The molecule has 0 fully saturated rings. The van der Waals surface area contributed by atoms with Crippen molar-refractivity contribution in [3.8, 4) is 5.75 Å². The van der Waals surface area contributed by atoms with Crippen LogP contribution in [-0.2, 0) is 0 Å². The molecule has 1 aromatic carbocycles. The molecule has 0 saturated heterocycles. The molecule has 86 valence electrons. The Kier molecular flexibility index (Phi) is 2.25. The number of hydrazone groups is 1. The number of fused-ring (bicyclic) bond motifs is 1. The highest BCUT2D eigenvalue weighted by Gasteiger charge is 2.17. The number of rotatable bonds is 1. The lowest BCUT2D eigenvalue weighted by atomic mass is 10.3. The minimum atomic E-state index is -0.173. The lowest BCUT2D eigenvalue weighted by Crippen LogP contribution is -2.24. The highest BCUT2D eigenvalue weighted by molar-refractivity contribution is 8.14. The van der Waals surface area contributed by atoms with Crippen LogP contribution in [0.3, 0.4) is 0 Å². The normalized spacial score (nSPS) is 15.8. The molecule has 0 bridgehead atoms. The molecule has 3 rings (SSSR count). The van der Waals surface area contributed by atoms with Gasteiger partial charge in [0, 0.05) is 0 Å². The number of H-pyrrole nitrogens is 1. The molecule has 0 radical (unpaired) electrons. The van der Waals surface area contributed by atoms with Crippen molar-refractivity contribution >= 4 is 33.7 Å². The van der Waals surface area contributed by atoms with Gasteiger partial charge >= 0.3 is 0 Å². The highest BCUT2D eigenvalue weighted by atomic mass is 32.2. The van der Waals surface area contributed by atoms with E-state index in [0.717, 1.165) is 17.3 Å². The molecule has 0 spiro atoms. The molecule has 1 amide bonds. The van der Waals surface area contributed by atoms with Crippen LogP contribution in [0.4, 0.5) is 4.79 Å². The molecule has 0 aliphatic carbocycles. The number of hydrogen-bond acceptors (Lipinski definition) is 5. The number of thioether (sulfide) groups is 1. The van der Waals surface area contributed by atoms with E-state index < -0.39 is 0 Å². The van der Waals surface area contributed by atoms with E-state index in [-0.39, 0.29) is 11.0 Å². The van der Waals surface area contributed by atoms with Gasteiger partial charge in [0.15, 0.2) is 5.82 Å². The minimum absolute atomic E-state index is 0.123. The summed E-state index contributed by atoms with van der Waals surface area (Å²) in [5.74, 6) is 1.15. The van der Waals surface area contributed by atoms with Crippen molar-refractivity contribution < 1.29 is 9.90 Å². The highest BCUT2D eigenvalue weighted by Crippen LogP contribution is 2.22. The summed E-state index contributed by atoms with van der Waals surface area (Å²) in [6.45, 7) is 0. The van der Waals surface area contributed by atoms with Crippen LogP contribution in [0.25, 0.3) is 11.0 Å². The zero-order chi connectivity index (χ0) is 11.8. The van der Waals surface area contributed by atoms with Gasteiger partial charge in [-0.25, -0.2) is 10.4 Å². The first-order valence-corrected chi connectivity index (χ1v) is 5.90. The smallest absolute Gasteiger partial charge is 0.299 e. The van der Waals surface area contributed by atoms with Gasteiger partial charge in [0.2, 0.25) is 0 Å². The van der Waals surface area contributed by atoms with E-state index in [1.165, 1.54) is 0 Å². The molecule has 0 saturated carbocycles. The molecule has 1 aliphatic rings. The third kappa shape index (κ3) is 1.74. The molecule has 17 heavy (non-hydrogen) atoms. The largest absolute Gasteiger partial charge is 0.506 e. The number of benzene rings is 1. The van der Waals surface area contributed by atoms with E-state index in [2.05, 4.69) is 20.5 Å². The first-order chi connectivity index (χ1) is 8.24. The minimum Gasteiger partial charge on any atom is -0.506 e. The predicted molar refractivity (Wildman–Crippen MR) is 65.3 cm³/mol. The van der Waals surface area contributed by atoms with Gasteiger partial charge in [-0.15, -0.1) is 0 Å². The molecular weight excluding hydrogens is 240 g/mol. The number of carbonyl (C=O) groups is 1. The van der Waals surface area contributed by atoms with Crippen molar-refractivity contribution in [3.63, 3.8) is 0 Å². The second-order valence-electron chi connectivity index (χ2n) is 3.51. The van der Waals surface area contributed by atoms with Crippen LogP contribution in [-0.4, -0.2) is 31.8 Å². The lowest BCUT2D eigenvalue weighted by molar-refractivity contribution is 0.261. The Morgan fingerprint density at radius 3 is 3.00 bits per heavy atom. The van der Waals surface area contributed by atoms with E-state index in [1.807, 2.05) is 6.07 Å². The van der Waals surface area contributed by atoms with Crippen molar-refractivity contribution in [1.82, 2.24) is 15.4 Å². The summed E-state index contributed by atoms with van der Waals surface area (Å²) in [7, 11) is 0. The third-order valence-corrected chi connectivity index (χ3v) is 3.16. The number of carbonyl (C=O) groups excluding carboxylic acids is 1. The third-order valence-electron chi connectivity index (χ3n) is 2.39. The molecule has 7 heteroatoms. The maximum atomic E-state index is 10.9.